The van der Waals surface area contributed by atoms with Gasteiger partial charge in [0, 0.05) is 24.7 Å². The highest BCUT2D eigenvalue weighted by atomic mass is 32.2. The molecule has 6 heteroatoms. The summed E-state index contributed by atoms with van der Waals surface area (Å²) in [5.74, 6) is 0.233. The normalized spacial score (nSPS) is 23.2. The number of sulfone groups is 1. The lowest BCUT2D eigenvalue weighted by atomic mass is 9.94. The van der Waals surface area contributed by atoms with E-state index in [2.05, 4.69) is 23.3 Å². The molecule has 1 aromatic rings. The third-order valence-electron chi connectivity index (χ3n) is 5.71. The van der Waals surface area contributed by atoms with E-state index >= 15 is 0 Å². The van der Waals surface area contributed by atoms with Gasteiger partial charge in [-0.25, -0.2) is 8.42 Å². The van der Waals surface area contributed by atoms with Crippen LogP contribution in [-0.4, -0.2) is 43.8 Å². The number of benzene rings is 1. The standard InChI is InChI=1S/C20H30N2O3S/c1-22(18-8-3-2-4-9-18)14-17-7-5-6-10-19(17)21-20(23)13-16-11-12-26(24,25)15-16/h5-7,10,16,18H,2-4,8-9,11-15H2,1H3,(H,21,23). The van der Waals surface area contributed by atoms with Crippen molar-refractivity contribution in [1.82, 2.24) is 4.90 Å². The van der Waals surface area contributed by atoms with Crippen molar-refractivity contribution < 1.29 is 13.2 Å². The van der Waals surface area contributed by atoms with Crippen molar-refractivity contribution in [1.29, 1.82) is 0 Å². The van der Waals surface area contributed by atoms with Gasteiger partial charge in [-0.2, -0.15) is 0 Å². The topological polar surface area (TPSA) is 66.5 Å². The van der Waals surface area contributed by atoms with Crippen molar-refractivity contribution >= 4 is 21.4 Å². The molecule has 1 heterocycles. The molecule has 0 bridgehead atoms. The van der Waals surface area contributed by atoms with E-state index in [-0.39, 0.29) is 29.8 Å². The third-order valence-corrected chi connectivity index (χ3v) is 7.55. The first kappa shape index (κ1) is 19.4. The lowest BCUT2D eigenvalue weighted by Crippen LogP contribution is -2.33. The fourth-order valence-electron chi connectivity index (χ4n) is 4.20. The predicted octanol–water partition coefficient (Wildman–Crippen LogP) is 3.21. The van der Waals surface area contributed by atoms with Crippen LogP contribution < -0.4 is 5.32 Å². The summed E-state index contributed by atoms with van der Waals surface area (Å²) >= 11 is 0. The van der Waals surface area contributed by atoms with Crippen LogP contribution in [0.1, 0.15) is 50.5 Å². The Kier molecular flexibility index (Phi) is 6.35. The number of nitrogens with zero attached hydrogens (tertiary/aromatic N) is 1. The summed E-state index contributed by atoms with van der Waals surface area (Å²) in [6.45, 7) is 0.818. The van der Waals surface area contributed by atoms with E-state index in [1.165, 1.54) is 32.1 Å². The number of anilines is 1. The van der Waals surface area contributed by atoms with E-state index < -0.39 is 9.84 Å². The van der Waals surface area contributed by atoms with Crippen LogP contribution >= 0.6 is 0 Å². The van der Waals surface area contributed by atoms with E-state index in [1.54, 1.807) is 0 Å². The molecule has 1 saturated carbocycles. The smallest absolute Gasteiger partial charge is 0.224 e. The molecule has 1 saturated heterocycles. The number of rotatable bonds is 6. The Morgan fingerprint density at radius 1 is 1.15 bits per heavy atom. The van der Waals surface area contributed by atoms with E-state index in [0.29, 0.717) is 12.5 Å². The summed E-state index contributed by atoms with van der Waals surface area (Å²) in [7, 11) is -0.772. The van der Waals surface area contributed by atoms with Crippen molar-refractivity contribution in [3.8, 4) is 0 Å². The maximum Gasteiger partial charge on any atom is 0.224 e. The van der Waals surface area contributed by atoms with Gasteiger partial charge in [-0.05, 0) is 43.9 Å². The number of nitrogens with one attached hydrogen (secondary N) is 1. The second-order valence-electron chi connectivity index (χ2n) is 7.89. The summed E-state index contributed by atoms with van der Waals surface area (Å²) in [5.41, 5.74) is 1.97. The van der Waals surface area contributed by atoms with Gasteiger partial charge in [0.15, 0.2) is 9.84 Å². The summed E-state index contributed by atoms with van der Waals surface area (Å²) in [6, 6.07) is 8.56. The Morgan fingerprint density at radius 3 is 2.58 bits per heavy atom. The fourth-order valence-corrected chi connectivity index (χ4v) is 6.06. The van der Waals surface area contributed by atoms with Crippen molar-refractivity contribution in [3.63, 3.8) is 0 Å². The molecule has 1 unspecified atom stereocenters. The maximum absolute atomic E-state index is 12.4. The van der Waals surface area contributed by atoms with Gasteiger partial charge in [0.2, 0.25) is 5.91 Å². The second kappa shape index (κ2) is 8.53. The fraction of sp³-hybridized carbons (Fsp3) is 0.650. The molecule has 2 aliphatic rings. The molecule has 1 amide bonds. The van der Waals surface area contributed by atoms with Crippen LogP contribution in [0, 0.1) is 5.92 Å². The van der Waals surface area contributed by atoms with Crippen LogP contribution in [0.3, 0.4) is 0 Å². The maximum atomic E-state index is 12.4. The Balaban J connectivity index is 1.58. The van der Waals surface area contributed by atoms with Gasteiger partial charge >= 0.3 is 0 Å². The highest BCUT2D eigenvalue weighted by molar-refractivity contribution is 7.91. The number of para-hydroxylation sites is 1. The molecule has 0 aromatic heterocycles. The first-order valence-electron chi connectivity index (χ1n) is 9.71. The zero-order valence-electron chi connectivity index (χ0n) is 15.6. The Labute approximate surface area is 157 Å². The molecule has 1 aliphatic carbocycles. The van der Waals surface area contributed by atoms with Gasteiger partial charge in [0.05, 0.1) is 11.5 Å². The minimum absolute atomic E-state index is 0.0444. The first-order chi connectivity index (χ1) is 12.4. The molecule has 1 N–H and O–H groups in total. The van der Waals surface area contributed by atoms with Gasteiger partial charge in [0.1, 0.15) is 0 Å². The summed E-state index contributed by atoms with van der Waals surface area (Å²) in [6.07, 6.45) is 7.33. The third kappa shape index (κ3) is 5.30. The van der Waals surface area contributed by atoms with Crippen molar-refractivity contribution in [3.05, 3.63) is 29.8 Å². The lowest BCUT2D eigenvalue weighted by Gasteiger charge is -2.31. The first-order valence-corrected chi connectivity index (χ1v) is 11.5. The van der Waals surface area contributed by atoms with E-state index in [1.807, 2.05) is 18.2 Å². The van der Waals surface area contributed by atoms with Gasteiger partial charge in [-0.15, -0.1) is 0 Å². The van der Waals surface area contributed by atoms with Crippen LogP contribution in [0.4, 0.5) is 5.69 Å². The van der Waals surface area contributed by atoms with Crippen molar-refractivity contribution in [2.75, 3.05) is 23.9 Å². The van der Waals surface area contributed by atoms with Crippen molar-refractivity contribution in [2.24, 2.45) is 5.92 Å². The average molecular weight is 379 g/mol. The zero-order chi connectivity index (χ0) is 18.6. The van der Waals surface area contributed by atoms with Crippen LogP contribution in [0.5, 0.6) is 0 Å². The number of amides is 1. The van der Waals surface area contributed by atoms with Crippen LogP contribution in [0.15, 0.2) is 24.3 Å². The van der Waals surface area contributed by atoms with Gasteiger partial charge < -0.3 is 5.32 Å². The summed E-state index contributed by atoms with van der Waals surface area (Å²) in [4.78, 5) is 14.8. The monoisotopic (exact) mass is 378 g/mol. The molecule has 144 valence electrons. The minimum atomic E-state index is -2.94. The molecule has 26 heavy (non-hydrogen) atoms. The molecule has 2 fully saturated rings. The molecule has 0 spiro atoms. The number of hydrogen-bond donors (Lipinski definition) is 1. The van der Waals surface area contributed by atoms with Crippen LogP contribution in [0.25, 0.3) is 0 Å². The largest absolute Gasteiger partial charge is 0.326 e. The van der Waals surface area contributed by atoms with Crippen molar-refractivity contribution in [2.45, 2.75) is 57.5 Å². The Bertz CT molecular complexity index is 726. The predicted molar refractivity (Wildman–Crippen MR) is 105 cm³/mol. The number of hydrogen-bond acceptors (Lipinski definition) is 4. The summed E-state index contributed by atoms with van der Waals surface area (Å²) < 4.78 is 23.1. The van der Waals surface area contributed by atoms with E-state index in [9.17, 15) is 13.2 Å². The molecular weight excluding hydrogens is 348 g/mol. The molecule has 1 aromatic carbocycles. The highest BCUT2D eigenvalue weighted by Gasteiger charge is 2.29. The molecule has 3 rings (SSSR count). The Hall–Kier alpha value is -1.40. The van der Waals surface area contributed by atoms with E-state index in [4.69, 9.17) is 0 Å². The summed E-state index contributed by atoms with van der Waals surface area (Å²) in [5, 5.41) is 3.01. The zero-order valence-corrected chi connectivity index (χ0v) is 16.4. The van der Waals surface area contributed by atoms with Crippen LogP contribution in [0.2, 0.25) is 0 Å². The quantitative estimate of drug-likeness (QED) is 0.825. The van der Waals surface area contributed by atoms with Gasteiger partial charge in [-0.1, -0.05) is 37.5 Å². The molecular formula is C20H30N2O3S. The molecule has 1 atom stereocenters. The Morgan fingerprint density at radius 2 is 1.88 bits per heavy atom. The highest BCUT2D eigenvalue weighted by Crippen LogP contribution is 2.26. The lowest BCUT2D eigenvalue weighted by molar-refractivity contribution is -0.116. The molecule has 1 aliphatic heterocycles. The average Bonchev–Trinajstić information content (AvgIpc) is 2.95. The minimum Gasteiger partial charge on any atom is -0.326 e. The SMILES string of the molecule is CN(Cc1ccccc1NC(=O)CC1CCS(=O)(=O)C1)C1CCCCC1. The van der Waals surface area contributed by atoms with Crippen LogP contribution in [-0.2, 0) is 21.2 Å². The second-order valence-corrected chi connectivity index (χ2v) is 10.1. The van der Waals surface area contributed by atoms with Gasteiger partial charge in [-0.3, -0.25) is 9.69 Å². The number of carbonyl (C=O) groups is 1. The molecule has 5 nitrogen and oxygen atoms in total. The van der Waals surface area contributed by atoms with Gasteiger partial charge in [0.25, 0.3) is 0 Å². The van der Waals surface area contributed by atoms with E-state index in [0.717, 1.165) is 17.8 Å². The molecule has 0 radical (unpaired) electrons. The number of carbonyl (C=O) groups excluding carboxylic acids is 1.